The van der Waals surface area contributed by atoms with Crippen molar-refractivity contribution in [2.24, 2.45) is 0 Å². The number of hydrogen-bond acceptors (Lipinski definition) is 5. The smallest absolute Gasteiger partial charge is 0.347 e. The van der Waals surface area contributed by atoms with Crippen LogP contribution in [0.5, 0.6) is 0 Å². The van der Waals surface area contributed by atoms with E-state index in [0.717, 1.165) is 11.3 Å². The van der Waals surface area contributed by atoms with Crippen LogP contribution in [0.25, 0.3) is 0 Å². The highest BCUT2D eigenvalue weighted by atomic mass is 32.2. The molecule has 0 fully saturated rings. The molecule has 0 spiro atoms. The summed E-state index contributed by atoms with van der Waals surface area (Å²) in [5, 5.41) is 19.4. The first-order chi connectivity index (χ1) is 8.33. The van der Waals surface area contributed by atoms with E-state index in [9.17, 15) is 13.2 Å². The van der Waals surface area contributed by atoms with Gasteiger partial charge in [0.1, 0.15) is 9.77 Å². The first kappa shape index (κ1) is 15.1. The molecule has 1 atom stereocenters. The number of carboxylic acid groups (broad SMARTS) is 1. The number of nitrogens with one attached hydrogen (secondary N) is 1. The van der Waals surface area contributed by atoms with Gasteiger partial charge in [0.05, 0.1) is 6.61 Å². The van der Waals surface area contributed by atoms with E-state index in [4.69, 9.17) is 10.2 Å². The second-order valence-electron chi connectivity index (χ2n) is 3.79. The number of thiophene rings is 1. The molecule has 1 heterocycles. The van der Waals surface area contributed by atoms with Crippen molar-refractivity contribution in [3.8, 4) is 0 Å². The fourth-order valence-corrected chi connectivity index (χ4v) is 4.38. The van der Waals surface area contributed by atoms with Crippen molar-refractivity contribution in [1.29, 1.82) is 0 Å². The van der Waals surface area contributed by atoms with Gasteiger partial charge in [-0.05, 0) is 24.3 Å². The van der Waals surface area contributed by atoms with E-state index in [1.807, 2.05) is 0 Å². The maximum absolute atomic E-state index is 12.1. The van der Waals surface area contributed by atoms with Gasteiger partial charge in [0.25, 0.3) is 0 Å². The Bertz CT molecular complexity index is 530. The Labute approximate surface area is 109 Å². The largest absolute Gasteiger partial charge is 0.477 e. The minimum Gasteiger partial charge on any atom is -0.477 e. The van der Waals surface area contributed by atoms with Crippen molar-refractivity contribution >= 4 is 27.3 Å². The summed E-state index contributed by atoms with van der Waals surface area (Å²) >= 11 is 0.872. The van der Waals surface area contributed by atoms with E-state index in [0.29, 0.717) is 12.0 Å². The molecule has 0 aliphatic heterocycles. The zero-order valence-corrected chi connectivity index (χ0v) is 11.6. The van der Waals surface area contributed by atoms with E-state index >= 15 is 0 Å². The third-order valence-corrected chi connectivity index (χ3v) is 5.34. The Balaban J connectivity index is 3.20. The Morgan fingerprint density at radius 1 is 1.56 bits per heavy atom. The number of rotatable bonds is 6. The minimum atomic E-state index is -3.93. The van der Waals surface area contributed by atoms with Crippen LogP contribution in [0.2, 0.25) is 0 Å². The fraction of sp³-hybridized carbons (Fsp3) is 0.500. The number of carbonyl (C=O) groups is 1. The fourth-order valence-electron chi connectivity index (χ4n) is 1.44. The van der Waals surface area contributed by atoms with E-state index in [-0.39, 0.29) is 16.4 Å². The summed E-state index contributed by atoms with van der Waals surface area (Å²) in [6.45, 7) is 2.93. The predicted molar refractivity (Wildman–Crippen MR) is 67.5 cm³/mol. The molecule has 0 aromatic carbocycles. The van der Waals surface area contributed by atoms with Gasteiger partial charge in [0, 0.05) is 6.04 Å². The Hall–Kier alpha value is -0.960. The standard InChI is InChI=1S/C10H15NO5S2/c1-3-7(4-12)11-18(15,16)9-6(2)5-17-8(9)10(13)14/h5,7,11-12H,3-4H2,1-2H3,(H,13,14)/t7-/m1/s1. The third-order valence-electron chi connectivity index (χ3n) is 2.42. The van der Waals surface area contributed by atoms with Gasteiger partial charge in [-0.1, -0.05) is 6.92 Å². The topological polar surface area (TPSA) is 104 Å². The van der Waals surface area contributed by atoms with Gasteiger partial charge >= 0.3 is 5.97 Å². The molecular formula is C10H15NO5S2. The van der Waals surface area contributed by atoms with Gasteiger partial charge in [0.2, 0.25) is 10.0 Å². The summed E-state index contributed by atoms with van der Waals surface area (Å²) in [5.41, 5.74) is 0.387. The lowest BCUT2D eigenvalue weighted by atomic mass is 10.3. The molecule has 6 nitrogen and oxygen atoms in total. The number of carboxylic acids is 1. The summed E-state index contributed by atoms with van der Waals surface area (Å²) in [5.74, 6) is -1.27. The molecule has 102 valence electrons. The maximum Gasteiger partial charge on any atom is 0.347 e. The monoisotopic (exact) mass is 293 g/mol. The van der Waals surface area contributed by atoms with Crippen molar-refractivity contribution in [2.75, 3.05) is 6.61 Å². The molecule has 0 amide bonds. The van der Waals surface area contributed by atoms with Gasteiger partial charge < -0.3 is 10.2 Å². The number of hydrogen-bond donors (Lipinski definition) is 3. The lowest BCUT2D eigenvalue weighted by Gasteiger charge is -2.14. The van der Waals surface area contributed by atoms with Crippen LogP contribution in [0.15, 0.2) is 10.3 Å². The number of aromatic carboxylic acids is 1. The molecule has 0 saturated heterocycles. The highest BCUT2D eigenvalue weighted by molar-refractivity contribution is 7.89. The van der Waals surface area contributed by atoms with Gasteiger partial charge in [-0.2, -0.15) is 0 Å². The van der Waals surface area contributed by atoms with E-state index in [1.54, 1.807) is 6.92 Å². The lowest BCUT2D eigenvalue weighted by molar-refractivity contribution is 0.0698. The number of sulfonamides is 1. The highest BCUT2D eigenvalue weighted by Crippen LogP contribution is 2.27. The van der Waals surface area contributed by atoms with Crippen LogP contribution in [0, 0.1) is 6.92 Å². The van der Waals surface area contributed by atoms with Gasteiger partial charge in [0.15, 0.2) is 0 Å². The minimum absolute atomic E-state index is 0.215. The van der Waals surface area contributed by atoms with Crippen molar-refractivity contribution in [3.05, 3.63) is 15.8 Å². The van der Waals surface area contributed by atoms with Crippen LogP contribution < -0.4 is 4.72 Å². The van der Waals surface area contributed by atoms with E-state index in [1.165, 1.54) is 12.3 Å². The van der Waals surface area contributed by atoms with Crippen LogP contribution in [0.4, 0.5) is 0 Å². The van der Waals surface area contributed by atoms with Crippen molar-refractivity contribution in [1.82, 2.24) is 4.72 Å². The Kier molecular flexibility index (Phi) is 4.85. The summed E-state index contributed by atoms with van der Waals surface area (Å²) in [4.78, 5) is 10.5. The van der Waals surface area contributed by atoms with Gasteiger partial charge in [-0.25, -0.2) is 17.9 Å². The lowest BCUT2D eigenvalue weighted by Crippen LogP contribution is -2.37. The van der Waals surface area contributed by atoms with Crippen molar-refractivity contribution in [3.63, 3.8) is 0 Å². The zero-order chi connectivity index (χ0) is 13.9. The SMILES string of the molecule is CC[C@H](CO)NS(=O)(=O)c1c(C)csc1C(=O)O. The molecule has 8 heteroatoms. The van der Waals surface area contributed by atoms with Crippen molar-refractivity contribution < 1.29 is 23.4 Å². The number of aliphatic hydroxyl groups excluding tert-OH is 1. The van der Waals surface area contributed by atoms with E-state index < -0.39 is 22.0 Å². The van der Waals surface area contributed by atoms with Crippen molar-refractivity contribution in [2.45, 2.75) is 31.2 Å². The van der Waals surface area contributed by atoms with Crippen LogP contribution in [0.3, 0.4) is 0 Å². The summed E-state index contributed by atoms with van der Waals surface area (Å²) in [7, 11) is -3.93. The van der Waals surface area contributed by atoms with Gasteiger partial charge in [-0.3, -0.25) is 0 Å². The molecule has 18 heavy (non-hydrogen) atoms. The highest BCUT2D eigenvalue weighted by Gasteiger charge is 2.28. The zero-order valence-electron chi connectivity index (χ0n) is 10.0. The Morgan fingerprint density at radius 3 is 2.61 bits per heavy atom. The molecule has 0 radical (unpaired) electrons. The van der Waals surface area contributed by atoms with Crippen LogP contribution in [-0.4, -0.2) is 37.2 Å². The molecule has 0 saturated carbocycles. The molecule has 1 rings (SSSR count). The van der Waals surface area contributed by atoms with Gasteiger partial charge in [-0.15, -0.1) is 11.3 Å². The molecular weight excluding hydrogens is 278 g/mol. The third kappa shape index (κ3) is 3.08. The molecule has 0 unspecified atom stereocenters. The van der Waals surface area contributed by atoms with E-state index in [2.05, 4.69) is 4.72 Å². The second kappa shape index (κ2) is 5.79. The second-order valence-corrected chi connectivity index (χ2v) is 6.32. The first-order valence-electron chi connectivity index (χ1n) is 5.28. The Morgan fingerprint density at radius 2 is 2.17 bits per heavy atom. The number of aryl methyl sites for hydroxylation is 1. The molecule has 3 N–H and O–H groups in total. The quantitative estimate of drug-likeness (QED) is 0.720. The average molecular weight is 293 g/mol. The predicted octanol–water partition coefficient (Wildman–Crippen LogP) is 0.804. The maximum atomic E-state index is 12.1. The molecule has 1 aromatic rings. The summed E-state index contributed by atoms with van der Waals surface area (Å²) < 4.78 is 26.5. The first-order valence-corrected chi connectivity index (χ1v) is 7.64. The normalized spacial score (nSPS) is 13.5. The summed E-state index contributed by atoms with van der Waals surface area (Å²) in [6.07, 6.45) is 0.418. The molecule has 0 aliphatic carbocycles. The molecule has 1 aromatic heterocycles. The molecule has 0 aliphatic rings. The molecule has 0 bridgehead atoms. The average Bonchev–Trinajstić information content (AvgIpc) is 2.69. The summed E-state index contributed by atoms with van der Waals surface area (Å²) in [6, 6.07) is -0.615. The van der Waals surface area contributed by atoms with Crippen LogP contribution in [0.1, 0.15) is 28.6 Å². The van der Waals surface area contributed by atoms with Crippen LogP contribution >= 0.6 is 11.3 Å². The van der Waals surface area contributed by atoms with Crippen LogP contribution in [-0.2, 0) is 10.0 Å². The number of aliphatic hydroxyl groups is 1.